The number of nitrogens with two attached hydrogens (primary N) is 2. The lowest BCUT2D eigenvalue weighted by atomic mass is 10.1. The lowest BCUT2D eigenvalue weighted by Crippen LogP contribution is -2.50. The fraction of sp³-hybridized carbons (Fsp3) is 0.412. The number of likely N-dealkylation sites (N-methyl/N-ethyl adjacent to an activating group) is 1. The van der Waals surface area contributed by atoms with E-state index >= 15 is 0 Å². The smallest absolute Gasteiger partial charge is 0.276 e. The molecule has 7 N–H and O–H groups in total. The van der Waals surface area contributed by atoms with Gasteiger partial charge in [0.25, 0.3) is 11.8 Å². The van der Waals surface area contributed by atoms with Crippen LogP contribution in [0.25, 0.3) is 22.1 Å². The Kier molecular flexibility index (Phi) is 19.9. The molecule has 8 amide bonds. The first-order valence-corrected chi connectivity index (χ1v) is 25.4. The Morgan fingerprint density at radius 1 is 0.769 bits per heavy atom. The van der Waals surface area contributed by atoms with Crippen molar-refractivity contribution < 1.29 is 52.6 Å². The number of benzene rings is 2. The van der Waals surface area contributed by atoms with E-state index in [1.165, 1.54) is 50.4 Å². The van der Waals surface area contributed by atoms with E-state index < -0.39 is 47.4 Å². The Balaban J connectivity index is 1.29. The van der Waals surface area contributed by atoms with Crippen LogP contribution in [0.3, 0.4) is 0 Å². The van der Waals surface area contributed by atoms with Gasteiger partial charge in [-0.25, -0.2) is 9.97 Å². The highest BCUT2D eigenvalue weighted by molar-refractivity contribution is 7.80. The van der Waals surface area contributed by atoms with Crippen molar-refractivity contribution in [1.82, 2.24) is 53.8 Å². The van der Waals surface area contributed by atoms with Crippen molar-refractivity contribution in [2.24, 2.45) is 11.5 Å². The van der Waals surface area contributed by atoms with E-state index in [9.17, 15) is 38.4 Å². The fourth-order valence-corrected chi connectivity index (χ4v) is 8.64. The van der Waals surface area contributed by atoms with Gasteiger partial charge in [0, 0.05) is 82.6 Å². The number of primary amides is 2. The maximum absolute atomic E-state index is 14.0. The summed E-state index contributed by atoms with van der Waals surface area (Å²) in [6, 6.07) is 8.11. The monoisotopic (exact) mass is 1100 g/mol. The molecule has 416 valence electrons. The minimum Gasteiger partial charge on any atom is -0.494 e. The first kappa shape index (κ1) is 58.7. The van der Waals surface area contributed by atoms with Gasteiger partial charge in [0.2, 0.25) is 47.8 Å². The molecule has 6 aromatic rings. The van der Waals surface area contributed by atoms with Gasteiger partial charge >= 0.3 is 0 Å². The van der Waals surface area contributed by atoms with E-state index in [1.807, 2.05) is 13.8 Å². The van der Waals surface area contributed by atoms with Crippen molar-refractivity contribution in [2.75, 3.05) is 58.2 Å². The number of nitrogens with zero attached hydrogens (tertiary/aromatic N) is 10. The van der Waals surface area contributed by atoms with Gasteiger partial charge in [-0.05, 0) is 70.5 Å². The van der Waals surface area contributed by atoms with Crippen LogP contribution in [0.5, 0.6) is 11.5 Å². The molecule has 0 saturated carbocycles. The number of fused-ring (bicyclic) bond motifs is 2. The van der Waals surface area contributed by atoms with E-state index in [-0.39, 0.29) is 110 Å². The second-order valence-corrected chi connectivity index (χ2v) is 19.0. The third-order valence-corrected chi connectivity index (χ3v) is 12.4. The second-order valence-electron chi connectivity index (χ2n) is 18.1. The summed E-state index contributed by atoms with van der Waals surface area (Å²) in [7, 11) is 4.34. The van der Waals surface area contributed by atoms with E-state index in [4.69, 9.17) is 30.7 Å². The molecular weight excluding hydrogens is 1030 g/mol. The predicted molar refractivity (Wildman–Crippen MR) is 290 cm³/mol. The molecule has 2 unspecified atom stereocenters. The number of methoxy groups -OCH3 is 2. The van der Waals surface area contributed by atoms with Crippen molar-refractivity contribution in [3.8, 4) is 11.5 Å². The lowest BCUT2D eigenvalue weighted by molar-refractivity contribution is -0.140. The molecule has 0 bridgehead atoms. The number of imide groups is 1. The molecule has 0 aliphatic heterocycles. The third-order valence-electron chi connectivity index (χ3n) is 12.2. The minimum absolute atomic E-state index is 0.00261. The van der Waals surface area contributed by atoms with Crippen LogP contribution in [0, 0.1) is 13.8 Å². The van der Waals surface area contributed by atoms with Gasteiger partial charge in [0.05, 0.1) is 42.7 Å². The standard InChI is InChI=1S/C51H65N15O11S/c1-9-65-37(20-29(3)59-65)47(72)57-50-55-34-23-32(45(52)70)25-39(76-8)43(34)63(50)16-11-12-17-64-44-35(56-51(64)58-48(73)38-21-30(4)60-66(38)10-2)24-33(46(53)71)26-40(44)77-19-13-15-61(6)49(74)36(27-75-7)54-41(68)14-18-62(28-67)42(69)22-31(5)78/h11-12,20-21,23-26,28,31,36,78H,9-10,13-19,22,27H2,1-8H3,(H2,52,70)(H2,53,71)(H,54,68)(H,55,57,72)(H,56,58,73)/b12-11+. The summed E-state index contributed by atoms with van der Waals surface area (Å²) in [4.78, 5) is 115. The number of allylic oxidation sites excluding steroid dienone is 2. The molecule has 0 aliphatic carbocycles. The largest absolute Gasteiger partial charge is 0.494 e. The summed E-state index contributed by atoms with van der Waals surface area (Å²) in [6.07, 6.45) is 3.91. The Labute approximate surface area is 454 Å². The van der Waals surface area contributed by atoms with Gasteiger partial charge in [0.1, 0.15) is 40.0 Å². The van der Waals surface area contributed by atoms with Crippen LogP contribution < -0.4 is 36.9 Å². The second kappa shape index (κ2) is 26.5. The molecule has 0 saturated heterocycles. The van der Waals surface area contributed by atoms with Crippen LogP contribution in [0.1, 0.15) is 93.1 Å². The molecular formula is C51H65N15O11S. The number of carbonyl (C=O) groups excluding carboxylic acids is 8. The number of anilines is 2. The SMILES string of the molecule is CCn1nc(C)cc1C(=O)Nc1nc2cc(C(N)=O)cc(OC)c2n1C/C=C/Cn1c(NC(=O)c2cc(C)nn2CC)nc2cc(C(N)=O)cc(OCCCN(C)C(=O)C(COC)NC(=O)CCN(C=O)C(=O)CC(C)S)c21. The highest BCUT2D eigenvalue weighted by Crippen LogP contribution is 2.33. The molecule has 6 rings (SSSR count). The zero-order valence-corrected chi connectivity index (χ0v) is 45.6. The van der Waals surface area contributed by atoms with Crippen molar-refractivity contribution in [1.29, 1.82) is 0 Å². The molecule has 2 atom stereocenters. The third kappa shape index (κ3) is 14.1. The topological polar surface area (TPSA) is 330 Å². The molecule has 78 heavy (non-hydrogen) atoms. The number of ether oxygens (including phenoxy) is 3. The van der Waals surface area contributed by atoms with Crippen molar-refractivity contribution >= 4 is 94.4 Å². The molecule has 26 nitrogen and oxygen atoms in total. The van der Waals surface area contributed by atoms with Crippen LogP contribution in [-0.2, 0) is 50.1 Å². The number of hydrogen-bond donors (Lipinski definition) is 6. The Hall–Kier alpha value is -8.59. The van der Waals surface area contributed by atoms with Gasteiger partial charge in [0.15, 0.2) is 0 Å². The van der Waals surface area contributed by atoms with Gasteiger partial charge in [-0.1, -0.05) is 19.1 Å². The van der Waals surface area contributed by atoms with Gasteiger partial charge in [-0.15, -0.1) is 0 Å². The summed E-state index contributed by atoms with van der Waals surface area (Å²) in [5.41, 5.74) is 14.9. The summed E-state index contributed by atoms with van der Waals surface area (Å²) in [5, 5.41) is 16.9. The van der Waals surface area contributed by atoms with Crippen molar-refractivity contribution in [3.05, 3.63) is 82.5 Å². The normalized spacial score (nSPS) is 12.1. The zero-order chi connectivity index (χ0) is 57.0. The van der Waals surface area contributed by atoms with Gasteiger partial charge in [-0.3, -0.25) is 63.3 Å². The average molecular weight is 1100 g/mol. The summed E-state index contributed by atoms with van der Waals surface area (Å²) in [5.74, 6) is -3.40. The van der Waals surface area contributed by atoms with Crippen LogP contribution in [-0.4, -0.2) is 155 Å². The summed E-state index contributed by atoms with van der Waals surface area (Å²) in [6.45, 7) is 9.68. The molecule has 27 heteroatoms. The predicted octanol–water partition coefficient (Wildman–Crippen LogP) is 2.85. The Bertz CT molecular complexity index is 3260. The summed E-state index contributed by atoms with van der Waals surface area (Å²) >= 11 is 4.19. The van der Waals surface area contributed by atoms with Crippen molar-refractivity contribution in [2.45, 2.75) is 91.4 Å². The van der Waals surface area contributed by atoms with E-state index in [1.54, 1.807) is 63.6 Å². The number of rotatable bonds is 28. The first-order chi connectivity index (χ1) is 37.2. The average Bonchev–Trinajstić information content (AvgIpc) is 4.24. The maximum atomic E-state index is 14.0. The number of thiol groups is 1. The zero-order valence-electron chi connectivity index (χ0n) is 44.7. The van der Waals surface area contributed by atoms with E-state index in [0.717, 1.165) is 4.90 Å². The highest BCUT2D eigenvalue weighted by Gasteiger charge is 2.27. The Morgan fingerprint density at radius 3 is 1.74 bits per heavy atom. The molecule has 4 heterocycles. The number of aromatic nitrogens is 8. The highest BCUT2D eigenvalue weighted by atomic mass is 32.1. The van der Waals surface area contributed by atoms with E-state index in [2.05, 4.69) is 43.8 Å². The van der Waals surface area contributed by atoms with E-state index in [0.29, 0.717) is 53.1 Å². The molecule has 0 aliphatic rings. The van der Waals surface area contributed by atoms with Gasteiger partial charge < -0.3 is 45.0 Å². The molecule has 4 aromatic heterocycles. The van der Waals surface area contributed by atoms with Gasteiger partial charge in [-0.2, -0.15) is 22.8 Å². The van der Waals surface area contributed by atoms with Crippen LogP contribution in [0.4, 0.5) is 11.9 Å². The molecule has 0 radical (unpaired) electrons. The molecule has 0 spiro atoms. The number of hydrogen-bond acceptors (Lipinski definition) is 16. The number of nitrogens with one attached hydrogen (secondary N) is 3. The quantitative estimate of drug-likeness (QED) is 0.0178. The number of carbonyl (C=O) groups is 8. The number of aryl methyl sites for hydroxylation is 4. The molecule has 0 fully saturated rings. The maximum Gasteiger partial charge on any atom is 0.276 e. The summed E-state index contributed by atoms with van der Waals surface area (Å²) < 4.78 is 23.8. The van der Waals surface area contributed by atoms with Crippen LogP contribution >= 0.6 is 12.6 Å². The lowest BCUT2D eigenvalue weighted by Gasteiger charge is -2.24. The Morgan fingerprint density at radius 2 is 1.28 bits per heavy atom. The minimum atomic E-state index is -1.09. The fourth-order valence-electron chi connectivity index (χ4n) is 8.48. The molecule has 2 aromatic carbocycles. The first-order valence-electron chi connectivity index (χ1n) is 24.9. The number of imidazole rings is 2. The number of amides is 8. The van der Waals surface area contributed by atoms with Crippen LogP contribution in [0.15, 0.2) is 48.6 Å². The van der Waals surface area contributed by atoms with Crippen LogP contribution in [0.2, 0.25) is 0 Å². The van der Waals surface area contributed by atoms with Crippen molar-refractivity contribution in [3.63, 3.8) is 0 Å².